The summed E-state index contributed by atoms with van der Waals surface area (Å²) in [7, 11) is 0. The lowest BCUT2D eigenvalue weighted by Gasteiger charge is -2.14. The van der Waals surface area contributed by atoms with Gasteiger partial charge in [-0.2, -0.15) is 0 Å². The van der Waals surface area contributed by atoms with Crippen LogP contribution in [0.1, 0.15) is 40.5 Å². The molecule has 0 spiro atoms. The van der Waals surface area contributed by atoms with Gasteiger partial charge in [-0.05, 0) is 56.2 Å². The van der Waals surface area contributed by atoms with Gasteiger partial charge in [0, 0.05) is 23.4 Å². The average Bonchev–Trinajstić information content (AvgIpc) is 3.52. The Morgan fingerprint density at radius 3 is 2.33 bits per heavy atom. The van der Waals surface area contributed by atoms with E-state index < -0.39 is 28.8 Å². The lowest BCUT2D eigenvalue weighted by molar-refractivity contribution is -0.384. The zero-order valence-electron chi connectivity index (χ0n) is 16.1. The van der Waals surface area contributed by atoms with Gasteiger partial charge in [-0.25, -0.2) is 4.79 Å². The van der Waals surface area contributed by atoms with Crippen LogP contribution in [0.5, 0.6) is 0 Å². The van der Waals surface area contributed by atoms with Crippen LogP contribution in [0.25, 0.3) is 0 Å². The van der Waals surface area contributed by atoms with E-state index in [4.69, 9.17) is 10.5 Å². The first-order valence-corrected chi connectivity index (χ1v) is 9.21. The van der Waals surface area contributed by atoms with Gasteiger partial charge in [-0.1, -0.05) is 0 Å². The van der Waals surface area contributed by atoms with E-state index in [0.29, 0.717) is 11.4 Å². The predicted octanol–water partition coefficient (Wildman–Crippen LogP) is 2.45. The summed E-state index contributed by atoms with van der Waals surface area (Å²) >= 11 is 0. The molecule has 0 bridgehead atoms. The quantitative estimate of drug-likeness (QED) is 0.342. The van der Waals surface area contributed by atoms with E-state index in [9.17, 15) is 24.5 Å². The summed E-state index contributed by atoms with van der Waals surface area (Å²) in [4.78, 5) is 46.4. The number of nitrogens with zero attached hydrogens (tertiary/aromatic N) is 1. The number of carbonyl (C=O) groups is 3. The van der Waals surface area contributed by atoms with Gasteiger partial charge in [-0.3, -0.25) is 19.7 Å². The van der Waals surface area contributed by atoms with Gasteiger partial charge < -0.3 is 21.1 Å². The second-order valence-electron chi connectivity index (χ2n) is 6.89. The third kappa shape index (κ3) is 5.10. The van der Waals surface area contributed by atoms with Crippen molar-refractivity contribution >= 4 is 34.8 Å². The van der Waals surface area contributed by atoms with E-state index in [1.165, 1.54) is 43.3 Å². The summed E-state index contributed by atoms with van der Waals surface area (Å²) < 4.78 is 5.13. The van der Waals surface area contributed by atoms with Gasteiger partial charge >= 0.3 is 5.97 Å². The minimum Gasteiger partial charge on any atom is -0.449 e. The molecule has 1 aliphatic carbocycles. The number of nitrogens with two attached hydrogens (primary N) is 1. The monoisotopic (exact) mass is 412 g/mol. The molecule has 1 saturated carbocycles. The normalized spacial score (nSPS) is 13.8. The van der Waals surface area contributed by atoms with Crippen molar-refractivity contribution in [3.05, 3.63) is 63.7 Å². The molecule has 2 aromatic carbocycles. The Hall–Kier alpha value is -3.95. The lowest BCUT2D eigenvalue weighted by Crippen LogP contribution is -2.30. The molecule has 10 nitrogen and oxygen atoms in total. The summed E-state index contributed by atoms with van der Waals surface area (Å²) in [6.45, 7) is 1.38. The summed E-state index contributed by atoms with van der Waals surface area (Å²) in [5.41, 5.74) is 5.90. The van der Waals surface area contributed by atoms with Gasteiger partial charge in [0.1, 0.15) is 5.69 Å². The fraction of sp³-hybridized carbons (Fsp3) is 0.250. The maximum absolute atomic E-state index is 12.4. The number of hydrogen-bond acceptors (Lipinski definition) is 7. The van der Waals surface area contributed by atoms with Crippen molar-refractivity contribution in [2.75, 3.05) is 10.6 Å². The minimum atomic E-state index is -1.16. The third-order valence-electron chi connectivity index (χ3n) is 4.46. The number of carbonyl (C=O) groups excluding carboxylic acids is 3. The molecule has 1 fully saturated rings. The molecule has 1 aliphatic rings. The van der Waals surface area contributed by atoms with Crippen LogP contribution in [0.2, 0.25) is 0 Å². The standard InChI is InChI=1S/C20H20N4O6/c1-11(19(26)23-15-5-2-12(3-6-15)18(21)25)30-20(27)13-4-9-16(22-14-7-8-14)17(10-13)24(28)29/h2-6,9-11,14,22H,7-8H2,1H3,(H2,21,25)(H,23,26). The Labute approximate surface area is 171 Å². The second-order valence-corrected chi connectivity index (χ2v) is 6.89. The molecule has 156 valence electrons. The van der Waals surface area contributed by atoms with E-state index in [2.05, 4.69) is 10.6 Å². The van der Waals surface area contributed by atoms with E-state index in [1.54, 1.807) is 0 Å². The van der Waals surface area contributed by atoms with Crippen LogP contribution in [0.3, 0.4) is 0 Å². The highest BCUT2D eigenvalue weighted by Crippen LogP contribution is 2.31. The number of hydrogen-bond donors (Lipinski definition) is 3. The fourth-order valence-corrected chi connectivity index (χ4v) is 2.62. The molecule has 0 radical (unpaired) electrons. The number of anilines is 2. The predicted molar refractivity (Wildman–Crippen MR) is 108 cm³/mol. The van der Waals surface area contributed by atoms with Gasteiger partial charge in [0.2, 0.25) is 5.91 Å². The van der Waals surface area contributed by atoms with E-state index in [0.717, 1.165) is 18.9 Å². The van der Waals surface area contributed by atoms with Gasteiger partial charge in [-0.15, -0.1) is 0 Å². The van der Waals surface area contributed by atoms with E-state index in [-0.39, 0.29) is 22.9 Å². The zero-order chi connectivity index (χ0) is 21.8. The molecule has 10 heteroatoms. The number of primary amides is 1. The van der Waals surface area contributed by atoms with Crippen LogP contribution in [-0.2, 0) is 9.53 Å². The number of esters is 1. The topological polar surface area (TPSA) is 154 Å². The highest BCUT2D eigenvalue weighted by molar-refractivity contribution is 5.98. The highest BCUT2D eigenvalue weighted by Gasteiger charge is 2.26. The molecule has 0 saturated heterocycles. The largest absolute Gasteiger partial charge is 0.449 e. The van der Waals surface area contributed by atoms with Gasteiger partial charge in [0.05, 0.1) is 10.5 Å². The number of rotatable bonds is 8. The van der Waals surface area contributed by atoms with Gasteiger partial charge in [0.15, 0.2) is 6.10 Å². The summed E-state index contributed by atoms with van der Waals surface area (Å²) in [5, 5.41) is 16.9. The Bertz CT molecular complexity index is 1000. The molecule has 0 aliphatic heterocycles. The number of benzene rings is 2. The fourth-order valence-electron chi connectivity index (χ4n) is 2.62. The first kappa shape index (κ1) is 20.8. The lowest BCUT2D eigenvalue weighted by atomic mass is 10.1. The van der Waals surface area contributed by atoms with Crippen LogP contribution >= 0.6 is 0 Å². The smallest absolute Gasteiger partial charge is 0.339 e. The maximum Gasteiger partial charge on any atom is 0.339 e. The van der Waals surface area contributed by atoms with Crippen LogP contribution < -0.4 is 16.4 Å². The molecule has 2 amide bonds. The Balaban J connectivity index is 1.64. The van der Waals surface area contributed by atoms with E-state index in [1.807, 2.05) is 0 Å². The van der Waals surface area contributed by atoms with Gasteiger partial charge in [0.25, 0.3) is 11.6 Å². The summed E-state index contributed by atoms with van der Waals surface area (Å²) in [6.07, 6.45) is 0.731. The highest BCUT2D eigenvalue weighted by atomic mass is 16.6. The Kier molecular flexibility index (Phi) is 5.95. The first-order valence-electron chi connectivity index (χ1n) is 9.21. The van der Waals surface area contributed by atoms with Crippen molar-refractivity contribution in [1.29, 1.82) is 0 Å². The van der Waals surface area contributed by atoms with Crippen LogP contribution in [0.15, 0.2) is 42.5 Å². The summed E-state index contributed by atoms with van der Waals surface area (Å²) in [5.74, 6) is -2.05. The van der Waals surface area contributed by atoms with E-state index >= 15 is 0 Å². The van der Waals surface area contributed by atoms with Crippen molar-refractivity contribution in [2.24, 2.45) is 5.73 Å². The maximum atomic E-state index is 12.4. The molecule has 4 N–H and O–H groups in total. The SMILES string of the molecule is CC(OC(=O)c1ccc(NC2CC2)c([N+](=O)[O-])c1)C(=O)Nc1ccc(C(N)=O)cc1. The molecule has 1 unspecified atom stereocenters. The molecular formula is C20H20N4O6. The summed E-state index contributed by atoms with van der Waals surface area (Å²) in [6, 6.07) is 10.1. The van der Waals surface area contributed by atoms with Crippen molar-refractivity contribution in [1.82, 2.24) is 0 Å². The Morgan fingerprint density at radius 2 is 1.77 bits per heavy atom. The molecule has 0 heterocycles. The van der Waals surface area contributed by atoms with Crippen LogP contribution in [-0.4, -0.2) is 34.9 Å². The Morgan fingerprint density at radius 1 is 1.13 bits per heavy atom. The molecule has 1 atom stereocenters. The van der Waals surface area contributed by atoms with Crippen molar-refractivity contribution in [3.8, 4) is 0 Å². The zero-order valence-corrected chi connectivity index (χ0v) is 16.1. The number of nitro groups is 1. The third-order valence-corrected chi connectivity index (χ3v) is 4.46. The average molecular weight is 412 g/mol. The van der Waals surface area contributed by atoms with Crippen molar-refractivity contribution in [2.45, 2.75) is 31.9 Å². The van der Waals surface area contributed by atoms with Crippen molar-refractivity contribution in [3.63, 3.8) is 0 Å². The molecule has 2 aromatic rings. The molecular weight excluding hydrogens is 392 g/mol. The second kappa shape index (κ2) is 8.60. The number of nitrogens with one attached hydrogen (secondary N) is 2. The number of amides is 2. The van der Waals surface area contributed by atoms with Crippen molar-refractivity contribution < 1.29 is 24.0 Å². The van der Waals surface area contributed by atoms with Crippen LogP contribution in [0, 0.1) is 10.1 Å². The molecule has 30 heavy (non-hydrogen) atoms. The minimum absolute atomic E-state index is 0.0338. The first-order chi connectivity index (χ1) is 14.2. The number of ether oxygens (including phenoxy) is 1. The molecule has 3 rings (SSSR count). The van der Waals surface area contributed by atoms with Crippen LogP contribution in [0.4, 0.5) is 17.1 Å². The molecule has 0 aromatic heterocycles. The number of nitro benzene ring substituents is 1.